The van der Waals surface area contributed by atoms with Gasteiger partial charge in [-0.15, -0.1) is 6.58 Å². The molecular formula is C20H26N2O. The van der Waals surface area contributed by atoms with E-state index in [0.717, 1.165) is 37.9 Å². The van der Waals surface area contributed by atoms with Crippen LogP contribution < -0.4 is 0 Å². The van der Waals surface area contributed by atoms with E-state index in [9.17, 15) is 4.79 Å². The van der Waals surface area contributed by atoms with E-state index >= 15 is 0 Å². The summed E-state index contributed by atoms with van der Waals surface area (Å²) in [6.45, 7) is 8.16. The van der Waals surface area contributed by atoms with Gasteiger partial charge in [-0.25, -0.2) is 0 Å². The molecule has 1 saturated heterocycles. The van der Waals surface area contributed by atoms with Crippen molar-refractivity contribution in [3.8, 4) is 0 Å². The van der Waals surface area contributed by atoms with Gasteiger partial charge in [0, 0.05) is 18.8 Å². The quantitative estimate of drug-likeness (QED) is 0.777. The molecule has 1 aliphatic carbocycles. The van der Waals surface area contributed by atoms with Crippen molar-refractivity contribution in [2.75, 3.05) is 13.1 Å². The van der Waals surface area contributed by atoms with Crippen molar-refractivity contribution in [3.63, 3.8) is 0 Å². The van der Waals surface area contributed by atoms with Gasteiger partial charge in [0.25, 0.3) is 0 Å². The second-order valence-corrected chi connectivity index (χ2v) is 6.83. The van der Waals surface area contributed by atoms with Crippen molar-refractivity contribution >= 4 is 11.6 Å². The molecule has 0 aromatic heterocycles. The number of benzene rings is 1. The molecule has 23 heavy (non-hydrogen) atoms. The Labute approximate surface area is 139 Å². The van der Waals surface area contributed by atoms with Crippen LogP contribution in [0.5, 0.6) is 0 Å². The van der Waals surface area contributed by atoms with Crippen LogP contribution in [0.4, 0.5) is 0 Å². The standard InChI is InChI=1S/C20H26N2O/c1-3-13-22-15-16(2)20(19(22)23)12-8-7-11-18(20)21-14-17-9-5-4-6-10-17/h3-6,9-10,16H,1,7-8,11-15H2,2H3/t16-,20-/m1/s1. The third-order valence-electron chi connectivity index (χ3n) is 5.40. The first-order valence-corrected chi connectivity index (χ1v) is 8.66. The Kier molecular flexibility index (Phi) is 4.65. The van der Waals surface area contributed by atoms with Gasteiger partial charge < -0.3 is 4.90 Å². The van der Waals surface area contributed by atoms with Crippen molar-refractivity contribution in [3.05, 3.63) is 48.6 Å². The summed E-state index contributed by atoms with van der Waals surface area (Å²) in [5.74, 6) is 0.612. The van der Waals surface area contributed by atoms with Crippen LogP contribution in [-0.2, 0) is 11.3 Å². The van der Waals surface area contributed by atoms with E-state index in [2.05, 4.69) is 25.6 Å². The Balaban J connectivity index is 1.88. The lowest BCUT2D eigenvalue weighted by molar-refractivity contribution is -0.133. The minimum atomic E-state index is -0.351. The Morgan fingerprint density at radius 2 is 2.13 bits per heavy atom. The maximum atomic E-state index is 13.1. The molecule has 0 N–H and O–H groups in total. The lowest BCUT2D eigenvalue weighted by Gasteiger charge is -2.36. The summed E-state index contributed by atoms with van der Waals surface area (Å²) in [6.07, 6.45) is 6.02. The summed E-state index contributed by atoms with van der Waals surface area (Å²) < 4.78 is 0. The molecular weight excluding hydrogens is 284 g/mol. The minimum Gasteiger partial charge on any atom is -0.338 e. The molecule has 1 spiro atoms. The summed E-state index contributed by atoms with van der Waals surface area (Å²) in [5, 5.41) is 0. The molecule has 3 heteroatoms. The van der Waals surface area contributed by atoms with Gasteiger partial charge in [-0.3, -0.25) is 9.79 Å². The average Bonchev–Trinajstić information content (AvgIpc) is 2.81. The number of amides is 1. The number of hydrogen-bond acceptors (Lipinski definition) is 2. The van der Waals surface area contributed by atoms with E-state index in [4.69, 9.17) is 4.99 Å². The number of carbonyl (C=O) groups excluding carboxylic acids is 1. The van der Waals surface area contributed by atoms with Crippen LogP contribution in [0.1, 0.15) is 38.2 Å². The van der Waals surface area contributed by atoms with Gasteiger partial charge in [0.15, 0.2) is 0 Å². The monoisotopic (exact) mass is 310 g/mol. The van der Waals surface area contributed by atoms with E-state index in [1.807, 2.05) is 29.2 Å². The Morgan fingerprint density at radius 1 is 1.35 bits per heavy atom. The van der Waals surface area contributed by atoms with Crippen LogP contribution in [0.25, 0.3) is 0 Å². The van der Waals surface area contributed by atoms with E-state index < -0.39 is 0 Å². The van der Waals surface area contributed by atoms with Gasteiger partial charge in [-0.1, -0.05) is 49.8 Å². The first-order chi connectivity index (χ1) is 11.2. The summed E-state index contributed by atoms with van der Waals surface area (Å²) >= 11 is 0. The molecule has 3 rings (SSSR count). The van der Waals surface area contributed by atoms with Crippen molar-refractivity contribution in [1.82, 2.24) is 4.90 Å². The zero-order valence-corrected chi connectivity index (χ0v) is 14.0. The van der Waals surface area contributed by atoms with E-state index in [0.29, 0.717) is 19.0 Å². The van der Waals surface area contributed by atoms with Gasteiger partial charge in [0.1, 0.15) is 0 Å². The van der Waals surface area contributed by atoms with Crippen LogP contribution in [0.2, 0.25) is 0 Å². The number of hydrogen-bond donors (Lipinski definition) is 0. The highest BCUT2D eigenvalue weighted by Gasteiger charge is 2.55. The molecule has 122 valence electrons. The number of rotatable bonds is 4. The number of carbonyl (C=O) groups is 1. The number of nitrogens with zero attached hydrogens (tertiary/aromatic N) is 2. The number of likely N-dealkylation sites (tertiary alicyclic amines) is 1. The predicted molar refractivity (Wildman–Crippen MR) is 94.4 cm³/mol. The highest BCUT2D eigenvalue weighted by Crippen LogP contribution is 2.46. The van der Waals surface area contributed by atoms with Crippen LogP contribution in [0.15, 0.2) is 48.0 Å². The summed E-state index contributed by atoms with van der Waals surface area (Å²) in [5.41, 5.74) is 1.99. The average molecular weight is 310 g/mol. The maximum Gasteiger partial charge on any atom is 0.235 e. The predicted octanol–water partition coefficient (Wildman–Crippen LogP) is 3.85. The summed E-state index contributed by atoms with van der Waals surface area (Å²) in [4.78, 5) is 20.0. The molecule has 2 aliphatic rings. The van der Waals surface area contributed by atoms with Gasteiger partial charge in [-0.05, 0) is 30.7 Å². The molecule has 1 aromatic carbocycles. The van der Waals surface area contributed by atoms with Crippen LogP contribution in [0, 0.1) is 11.3 Å². The Hall–Kier alpha value is -1.90. The maximum absolute atomic E-state index is 13.1. The Bertz CT molecular complexity index is 607. The lowest BCUT2D eigenvalue weighted by Crippen LogP contribution is -2.45. The second-order valence-electron chi connectivity index (χ2n) is 6.83. The third kappa shape index (κ3) is 2.85. The third-order valence-corrected chi connectivity index (χ3v) is 5.40. The largest absolute Gasteiger partial charge is 0.338 e. The molecule has 1 heterocycles. The zero-order chi connectivity index (χ0) is 16.3. The fourth-order valence-corrected chi connectivity index (χ4v) is 4.19. The SMILES string of the molecule is C=CCN1C[C@@H](C)[C@@]2(CCCCC2=NCc2ccccc2)C1=O. The molecule has 1 saturated carbocycles. The normalized spacial score (nSPS) is 29.4. The van der Waals surface area contributed by atoms with E-state index in [1.54, 1.807) is 0 Å². The first-order valence-electron chi connectivity index (χ1n) is 8.66. The molecule has 3 nitrogen and oxygen atoms in total. The van der Waals surface area contributed by atoms with Crippen molar-refractivity contribution in [2.45, 2.75) is 39.2 Å². The fraction of sp³-hybridized carbons (Fsp3) is 0.500. The highest BCUT2D eigenvalue weighted by molar-refractivity contribution is 6.10. The van der Waals surface area contributed by atoms with Crippen LogP contribution in [0.3, 0.4) is 0 Å². The molecule has 1 amide bonds. The molecule has 1 aromatic rings. The summed E-state index contributed by atoms with van der Waals surface area (Å²) in [6, 6.07) is 10.3. The molecule has 2 atom stereocenters. The van der Waals surface area contributed by atoms with E-state index in [-0.39, 0.29) is 11.3 Å². The van der Waals surface area contributed by atoms with Gasteiger partial charge >= 0.3 is 0 Å². The van der Waals surface area contributed by atoms with Gasteiger partial charge in [0.2, 0.25) is 5.91 Å². The van der Waals surface area contributed by atoms with Crippen molar-refractivity contribution in [2.24, 2.45) is 16.3 Å². The van der Waals surface area contributed by atoms with Crippen molar-refractivity contribution < 1.29 is 4.79 Å². The zero-order valence-electron chi connectivity index (χ0n) is 14.0. The van der Waals surface area contributed by atoms with E-state index in [1.165, 1.54) is 5.56 Å². The second kappa shape index (κ2) is 6.69. The topological polar surface area (TPSA) is 32.7 Å². The molecule has 0 unspecified atom stereocenters. The minimum absolute atomic E-state index is 0.274. The van der Waals surface area contributed by atoms with Crippen LogP contribution in [-0.4, -0.2) is 29.6 Å². The smallest absolute Gasteiger partial charge is 0.235 e. The van der Waals surface area contributed by atoms with Crippen LogP contribution >= 0.6 is 0 Å². The fourth-order valence-electron chi connectivity index (χ4n) is 4.19. The van der Waals surface area contributed by atoms with Crippen molar-refractivity contribution in [1.29, 1.82) is 0 Å². The lowest BCUT2D eigenvalue weighted by atomic mass is 9.66. The molecule has 2 fully saturated rings. The highest BCUT2D eigenvalue weighted by atomic mass is 16.2. The summed E-state index contributed by atoms with van der Waals surface area (Å²) in [7, 11) is 0. The molecule has 0 bridgehead atoms. The Morgan fingerprint density at radius 3 is 2.87 bits per heavy atom. The molecule has 1 aliphatic heterocycles. The van der Waals surface area contributed by atoms with Gasteiger partial charge in [0.05, 0.1) is 12.0 Å². The molecule has 0 radical (unpaired) electrons. The number of aliphatic imine (C=N–C) groups is 1. The van der Waals surface area contributed by atoms with Gasteiger partial charge in [-0.2, -0.15) is 0 Å². The first kappa shape index (κ1) is 16.0.